The van der Waals surface area contributed by atoms with Crippen LogP contribution in [0.25, 0.3) is 0 Å². The van der Waals surface area contributed by atoms with Gasteiger partial charge >= 0.3 is 0 Å². The Bertz CT molecular complexity index is 703. The van der Waals surface area contributed by atoms with Gasteiger partial charge in [0, 0.05) is 30.4 Å². The number of nitrogens with two attached hydrogens (primary N) is 1. The fourth-order valence-electron chi connectivity index (χ4n) is 1.60. The molecule has 1 aromatic heterocycles. The van der Waals surface area contributed by atoms with E-state index < -0.39 is 20.7 Å². The molecule has 6 nitrogen and oxygen atoms in total. The topological polar surface area (TPSA) is 101 Å². The molecule has 0 aliphatic rings. The maximum absolute atomic E-state index is 13.8. The highest BCUT2D eigenvalue weighted by Gasteiger charge is 2.21. The van der Waals surface area contributed by atoms with Crippen molar-refractivity contribution in [3.8, 4) is 0 Å². The fraction of sp³-hybridized carbons (Fsp3) is 0.182. The molecule has 9 heteroatoms. The highest BCUT2D eigenvalue weighted by molar-refractivity contribution is 7.89. The van der Waals surface area contributed by atoms with E-state index in [4.69, 9.17) is 17.3 Å². The zero-order chi connectivity index (χ0) is 14.8. The van der Waals surface area contributed by atoms with Crippen LogP contribution in [0, 0.1) is 5.82 Å². The van der Waals surface area contributed by atoms with Crippen LogP contribution in [0.2, 0.25) is 5.02 Å². The Kier molecular flexibility index (Phi) is 4.26. The summed E-state index contributed by atoms with van der Waals surface area (Å²) in [5, 5.41) is 0.0512. The van der Waals surface area contributed by atoms with Gasteiger partial charge in [0.1, 0.15) is 10.7 Å². The van der Waals surface area contributed by atoms with Crippen LogP contribution < -0.4 is 10.5 Å². The Hall–Kier alpha value is -1.64. The van der Waals surface area contributed by atoms with Crippen molar-refractivity contribution in [3.05, 3.63) is 41.2 Å². The monoisotopic (exact) mass is 318 g/mol. The average molecular weight is 319 g/mol. The molecule has 2 rings (SSSR count). The molecule has 0 aliphatic carbocycles. The number of hydrogen-bond acceptors (Lipinski definition) is 4. The SMILES string of the molecule is Nc1cc(Cl)cc(S(=O)(=O)NCCc2ncc[nH]2)c1F. The minimum absolute atomic E-state index is 0.0512. The van der Waals surface area contributed by atoms with Crippen molar-refractivity contribution < 1.29 is 12.8 Å². The van der Waals surface area contributed by atoms with E-state index in [2.05, 4.69) is 14.7 Å². The number of nitrogens with zero attached hydrogens (tertiary/aromatic N) is 1. The molecule has 0 saturated heterocycles. The lowest BCUT2D eigenvalue weighted by Crippen LogP contribution is -2.27. The maximum atomic E-state index is 13.8. The van der Waals surface area contributed by atoms with Crippen LogP contribution >= 0.6 is 11.6 Å². The number of nitrogens with one attached hydrogen (secondary N) is 2. The molecule has 0 amide bonds. The van der Waals surface area contributed by atoms with Crippen LogP contribution in [0.1, 0.15) is 5.82 Å². The molecule has 4 N–H and O–H groups in total. The number of sulfonamides is 1. The van der Waals surface area contributed by atoms with Gasteiger partial charge < -0.3 is 10.7 Å². The summed E-state index contributed by atoms with van der Waals surface area (Å²) in [5.41, 5.74) is 5.04. The van der Waals surface area contributed by atoms with Gasteiger partial charge in [-0.05, 0) is 12.1 Å². The van der Waals surface area contributed by atoms with Gasteiger partial charge in [0.25, 0.3) is 0 Å². The lowest BCUT2D eigenvalue weighted by atomic mass is 10.3. The third-order valence-electron chi connectivity index (χ3n) is 2.53. The summed E-state index contributed by atoms with van der Waals surface area (Å²) in [5.74, 6) is -0.390. The van der Waals surface area contributed by atoms with E-state index in [-0.39, 0.29) is 17.3 Å². The molecule has 20 heavy (non-hydrogen) atoms. The highest BCUT2D eigenvalue weighted by atomic mass is 35.5. The summed E-state index contributed by atoms with van der Waals surface area (Å²) < 4.78 is 40.0. The molecule has 0 bridgehead atoms. The molecule has 0 radical (unpaired) electrons. The van der Waals surface area contributed by atoms with Gasteiger partial charge in [-0.25, -0.2) is 22.5 Å². The summed E-state index contributed by atoms with van der Waals surface area (Å²) in [4.78, 5) is 6.21. The number of rotatable bonds is 5. The molecule has 1 heterocycles. The van der Waals surface area contributed by atoms with Crippen molar-refractivity contribution in [2.45, 2.75) is 11.3 Å². The molecule has 0 saturated carbocycles. The van der Waals surface area contributed by atoms with Gasteiger partial charge in [-0.2, -0.15) is 0 Å². The number of anilines is 1. The van der Waals surface area contributed by atoms with Gasteiger partial charge in [-0.15, -0.1) is 0 Å². The lowest BCUT2D eigenvalue weighted by molar-refractivity contribution is 0.558. The number of imidazole rings is 1. The van der Waals surface area contributed by atoms with Gasteiger partial charge in [-0.3, -0.25) is 0 Å². The van der Waals surface area contributed by atoms with E-state index >= 15 is 0 Å². The molecule has 2 aromatic rings. The summed E-state index contributed by atoms with van der Waals surface area (Å²) in [7, 11) is -4.02. The lowest BCUT2D eigenvalue weighted by Gasteiger charge is -2.09. The molecule has 0 spiro atoms. The second-order valence-electron chi connectivity index (χ2n) is 3.99. The first kappa shape index (κ1) is 14.8. The summed E-state index contributed by atoms with van der Waals surface area (Å²) in [6.07, 6.45) is 3.53. The first-order valence-corrected chi connectivity index (χ1v) is 7.48. The second kappa shape index (κ2) is 5.78. The number of benzene rings is 1. The van der Waals surface area contributed by atoms with Crippen LogP contribution in [-0.2, 0) is 16.4 Å². The zero-order valence-electron chi connectivity index (χ0n) is 10.2. The molecule has 0 fully saturated rings. The molecule has 0 aliphatic heterocycles. The van der Waals surface area contributed by atoms with Crippen molar-refractivity contribution in [3.63, 3.8) is 0 Å². The number of halogens is 2. The Morgan fingerprint density at radius 3 is 2.85 bits per heavy atom. The minimum atomic E-state index is -4.02. The number of hydrogen-bond donors (Lipinski definition) is 3. The second-order valence-corrected chi connectivity index (χ2v) is 6.16. The number of aromatic nitrogens is 2. The van der Waals surface area contributed by atoms with Gasteiger partial charge in [0.05, 0.1) is 5.69 Å². The van der Waals surface area contributed by atoms with Crippen molar-refractivity contribution in [1.29, 1.82) is 0 Å². The molecule has 1 aromatic carbocycles. The molecule has 0 unspecified atom stereocenters. The van der Waals surface area contributed by atoms with Crippen molar-refractivity contribution in [2.75, 3.05) is 12.3 Å². The van der Waals surface area contributed by atoms with Crippen LogP contribution in [-0.4, -0.2) is 24.9 Å². The van der Waals surface area contributed by atoms with Crippen molar-refractivity contribution in [2.24, 2.45) is 0 Å². The smallest absolute Gasteiger partial charge is 0.243 e. The predicted octanol–water partition coefficient (Wildman–Crippen LogP) is 1.31. The van der Waals surface area contributed by atoms with Crippen LogP contribution in [0.15, 0.2) is 29.4 Å². The fourth-order valence-corrected chi connectivity index (χ4v) is 3.05. The van der Waals surface area contributed by atoms with Crippen molar-refractivity contribution >= 4 is 27.3 Å². The van der Waals surface area contributed by atoms with E-state index in [0.717, 1.165) is 12.1 Å². The van der Waals surface area contributed by atoms with E-state index in [1.807, 2.05) is 0 Å². The van der Waals surface area contributed by atoms with E-state index in [1.165, 1.54) is 0 Å². The van der Waals surface area contributed by atoms with Gasteiger partial charge in [0.2, 0.25) is 10.0 Å². The molecular weight excluding hydrogens is 307 g/mol. The first-order valence-electron chi connectivity index (χ1n) is 5.62. The summed E-state index contributed by atoms with van der Waals surface area (Å²) in [6.45, 7) is 0.0711. The minimum Gasteiger partial charge on any atom is -0.396 e. The van der Waals surface area contributed by atoms with Crippen LogP contribution in [0.3, 0.4) is 0 Å². The Morgan fingerprint density at radius 2 is 2.20 bits per heavy atom. The molecule has 0 atom stereocenters. The Morgan fingerprint density at radius 1 is 1.45 bits per heavy atom. The highest BCUT2D eigenvalue weighted by Crippen LogP contribution is 2.24. The Balaban J connectivity index is 2.14. The third-order valence-corrected chi connectivity index (χ3v) is 4.21. The Labute approximate surface area is 120 Å². The predicted molar refractivity (Wildman–Crippen MR) is 73.3 cm³/mol. The van der Waals surface area contributed by atoms with Gasteiger partial charge in [0.15, 0.2) is 5.82 Å². The third kappa shape index (κ3) is 3.27. The number of H-pyrrole nitrogens is 1. The standard InChI is InChI=1S/C11H12ClFN4O2S/c12-7-5-8(14)11(13)9(6-7)20(18,19)17-2-1-10-15-3-4-16-10/h3-6,17H,1-2,14H2,(H,15,16). The van der Waals surface area contributed by atoms with E-state index in [0.29, 0.717) is 12.2 Å². The maximum Gasteiger partial charge on any atom is 0.243 e. The van der Waals surface area contributed by atoms with Crippen LogP contribution in [0.4, 0.5) is 10.1 Å². The quantitative estimate of drug-likeness (QED) is 0.723. The summed E-state index contributed by atoms with van der Waals surface area (Å²) in [6, 6.07) is 2.17. The zero-order valence-corrected chi connectivity index (χ0v) is 11.8. The largest absolute Gasteiger partial charge is 0.396 e. The van der Waals surface area contributed by atoms with Crippen LogP contribution in [0.5, 0.6) is 0 Å². The number of aromatic amines is 1. The van der Waals surface area contributed by atoms with Gasteiger partial charge in [-0.1, -0.05) is 11.6 Å². The normalized spacial score (nSPS) is 11.7. The first-order chi connectivity index (χ1) is 9.40. The van der Waals surface area contributed by atoms with E-state index in [9.17, 15) is 12.8 Å². The molecular formula is C11H12ClFN4O2S. The summed E-state index contributed by atoms with van der Waals surface area (Å²) >= 11 is 5.69. The van der Waals surface area contributed by atoms with Crippen molar-refractivity contribution in [1.82, 2.24) is 14.7 Å². The molecule has 108 valence electrons. The average Bonchev–Trinajstić information content (AvgIpc) is 2.86. The number of nitrogen functional groups attached to an aromatic ring is 1. The van der Waals surface area contributed by atoms with E-state index in [1.54, 1.807) is 12.4 Å².